The number of nitrogens with one attached hydrogen (secondary N) is 2. The molecule has 5 aromatic carbocycles. The molecule has 2 heterocycles. The van der Waals surface area contributed by atoms with Crippen molar-refractivity contribution in [3.05, 3.63) is 109 Å². The van der Waals surface area contributed by atoms with E-state index in [-0.39, 0.29) is 6.17 Å². The Morgan fingerprint density at radius 3 is 2.03 bits per heavy atom. The van der Waals surface area contributed by atoms with Crippen LogP contribution in [0, 0.1) is 0 Å². The summed E-state index contributed by atoms with van der Waals surface area (Å²) in [4.78, 5) is 0. The Morgan fingerprint density at radius 1 is 0.594 bits per heavy atom. The van der Waals surface area contributed by atoms with E-state index in [1.165, 1.54) is 16.3 Å². The van der Waals surface area contributed by atoms with Crippen molar-refractivity contribution in [1.82, 2.24) is 0 Å². The molecule has 152 valence electrons. The summed E-state index contributed by atoms with van der Waals surface area (Å²) < 4.78 is 6.39. The number of para-hydroxylation sites is 3. The molecule has 0 radical (unpaired) electrons. The first kappa shape index (κ1) is 17.4. The Kier molecular flexibility index (Phi) is 3.61. The van der Waals surface area contributed by atoms with Crippen LogP contribution in [0.25, 0.3) is 43.8 Å². The number of anilines is 2. The third-order valence-electron chi connectivity index (χ3n) is 6.45. The largest absolute Gasteiger partial charge is 0.455 e. The van der Waals surface area contributed by atoms with Crippen molar-refractivity contribution in [1.29, 1.82) is 0 Å². The maximum Gasteiger partial charge on any atom is 0.143 e. The second-order valence-corrected chi connectivity index (χ2v) is 8.34. The molecule has 0 saturated carbocycles. The van der Waals surface area contributed by atoms with Crippen molar-refractivity contribution in [2.24, 2.45) is 0 Å². The van der Waals surface area contributed by atoms with Gasteiger partial charge in [0.2, 0.25) is 0 Å². The van der Waals surface area contributed by atoms with Crippen LogP contribution in [0.4, 0.5) is 11.4 Å². The van der Waals surface area contributed by atoms with E-state index in [0.29, 0.717) is 0 Å². The molecule has 2 N–H and O–H groups in total. The van der Waals surface area contributed by atoms with Crippen molar-refractivity contribution < 1.29 is 4.42 Å². The molecule has 0 fully saturated rings. The molecule has 6 aromatic rings. The SMILES string of the molecule is c1ccc2c(c1)NC(c1ccc(-c3c4ccccc4cc4c3oc3ccccc34)cc1)N2. The van der Waals surface area contributed by atoms with Crippen LogP contribution in [0.2, 0.25) is 0 Å². The molecule has 0 saturated heterocycles. The zero-order valence-electron chi connectivity index (χ0n) is 17.3. The number of benzene rings is 5. The average molecular weight is 412 g/mol. The van der Waals surface area contributed by atoms with Crippen molar-refractivity contribution in [2.75, 3.05) is 10.6 Å². The second-order valence-electron chi connectivity index (χ2n) is 8.34. The zero-order valence-corrected chi connectivity index (χ0v) is 17.3. The van der Waals surface area contributed by atoms with Gasteiger partial charge in [0.1, 0.15) is 17.3 Å². The van der Waals surface area contributed by atoms with Crippen LogP contribution in [-0.4, -0.2) is 0 Å². The quantitative estimate of drug-likeness (QED) is 0.303. The molecule has 3 nitrogen and oxygen atoms in total. The first-order valence-electron chi connectivity index (χ1n) is 10.9. The highest BCUT2D eigenvalue weighted by atomic mass is 16.3. The van der Waals surface area contributed by atoms with Crippen molar-refractivity contribution in [3.63, 3.8) is 0 Å². The Balaban J connectivity index is 1.39. The molecule has 0 amide bonds. The van der Waals surface area contributed by atoms with Gasteiger partial charge in [0.15, 0.2) is 0 Å². The van der Waals surface area contributed by atoms with Crippen molar-refractivity contribution >= 4 is 44.1 Å². The van der Waals surface area contributed by atoms with E-state index >= 15 is 0 Å². The van der Waals surface area contributed by atoms with Gasteiger partial charge >= 0.3 is 0 Å². The van der Waals surface area contributed by atoms with E-state index in [1.54, 1.807) is 0 Å². The molecule has 3 heteroatoms. The van der Waals surface area contributed by atoms with Crippen molar-refractivity contribution in [3.8, 4) is 11.1 Å². The van der Waals surface area contributed by atoms with Gasteiger partial charge in [0.25, 0.3) is 0 Å². The van der Waals surface area contributed by atoms with Gasteiger partial charge in [-0.15, -0.1) is 0 Å². The van der Waals surface area contributed by atoms with Gasteiger partial charge in [0.05, 0.1) is 11.4 Å². The lowest BCUT2D eigenvalue weighted by molar-refractivity contribution is 0.670. The lowest BCUT2D eigenvalue weighted by atomic mass is 9.94. The summed E-state index contributed by atoms with van der Waals surface area (Å²) in [6.07, 6.45) is 0.0696. The highest BCUT2D eigenvalue weighted by Crippen LogP contribution is 2.41. The molecule has 1 aliphatic rings. The molecule has 0 atom stereocenters. The first-order chi connectivity index (χ1) is 15.8. The van der Waals surface area contributed by atoms with Crippen molar-refractivity contribution in [2.45, 2.75) is 6.17 Å². The molecule has 32 heavy (non-hydrogen) atoms. The minimum atomic E-state index is 0.0696. The standard InChI is InChI=1S/C29H20N2O/c1-2-8-21-20(7-1)17-23-22-9-3-6-12-26(22)32-28(23)27(21)18-13-15-19(16-14-18)29-30-24-10-4-5-11-25(24)31-29/h1-17,29-31H. The maximum atomic E-state index is 6.39. The Morgan fingerprint density at radius 2 is 1.25 bits per heavy atom. The van der Waals surface area contributed by atoms with Crippen LogP contribution in [0.15, 0.2) is 108 Å². The molecule has 0 unspecified atom stereocenters. The Bertz CT molecular complexity index is 1600. The van der Waals surface area contributed by atoms with E-state index < -0.39 is 0 Å². The number of fused-ring (bicyclic) bond motifs is 5. The minimum Gasteiger partial charge on any atom is -0.455 e. The van der Waals surface area contributed by atoms with Crippen LogP contribution >= 0.6 is 0 Å². The van der Waals surface area contributed by atoms with Gasteiger partial charge < -0.3 is 15.1 Å². The lowest BCUT2D eigenvalue weighted by Crippen LogP contribution is -2.11. The minimum absolute atomic E-state index is 0.0696. The molecule has 0 bridgehead atoms. The lowest BCUT2D eigenvalue weighted by Gasteiger charge is -2.14. The smallest absolute Gasteiger partial charge is 0.143 e. The van der Waals surface area contributed by atoms with Crippen LogP contribution < -0.4 is 10.6 Å². The molecule has 0 aliphatic carbocycles. The maximum absolute atomic E-state index is 6.39. The van der Waals surface area contributed by atoms with Crippen LogP contribution in [0.1, 0.15) is 11.7 Å². The fraction of sp³-hybridized carbons (Fsp3) is 0.0345. The van der Waals surface area contributed by atoms with Crippen LogP contribution in [-0.2, 0) is 0 Å². The summed E-state index contributed by atoms with van der Waals surface area (Å²) in [6.45, 7) is 0. The summed E-state index contributed by atoms with van der Waals surface area (Å²) in [5.41, 5.74) is 7.65. The summed E-state index contributed by atoms with van der Waals surface area (Å²) >= 11 is 0. The summed E-state index contributed by atoms with van der Waals surface area (Å²) in [5, 5.41) is 11.9. The number of hydrogen-bond acceptors (Lipinski definition) is 3. The third-order valence-corrected chi connectivity index (χ3v) is 6.45. The van der Waals surface area contributed by atoms with Gasteiger partial charge in [-0.25, -0.2) is 0 Å². The third kappa shape index (κ3) is 2.55. The molecule has 1 aromatic heterocycles. The Hall–Kier alpha value is -4.24. The molecular formula is C29H20N2O. The van der Waals surface area contributed by atoms with E-state index in [4.69, 9.17) is 4.42 Å². The molecule has 0 spiro atoms. The summed E-state index contributed by atoms with van der Waals surface area (Å²) in [5.74, 6) is 0. The second kappa shape index (κ2) is 6.63. The number of rotatable bonds is 2. The van der Waals surface area contributed by atoms with Gasteiger partial charge in [-0.3, -0.25) is 0 Å². The van der Waals surface area contributed by atoms with E-state index in [0.717, 1.165) is 44.4 Å². The topological polar surface area (TPSA) is 37.2 Å². The summed E-state index contributed by atoms with van der Waals surface area (Å²) in [7, 11) is 0. The molecular weight excluding hydrogens is 392 g/mol. The average Bonchev–Trinajstić information content (AvgIpc) is 3.44. The normalized spacial score (nSPS) is 13.4. The highest BCUT2D eigenvalue weighted by Gasteiger charge is 2.21. The van der Waals surface area contributed by atoms with Gasteiger partial charge in [-0.1, -0.05) is 78.9 Å². The first-order valence-corrected chi connectivity index (χ1v) is 10.9. The summed E-state index contributed by atoms with van der Waals surface area (Å²) in [6, 6.07) is 36.2. The van der Waals surface area contributed by atoms with E-state index in [1.807, 2.05) is 12.1 Å². The predicted octanol–water partition coefficient (Wildman–Crippen LogP) is 7.94. The number of furan rings is 1. The zero-order chi connectivity index (χ0) is 21.1. The van der Waals surface area contributed by atoms with E-state index in [9.17, 15) is 0 Å². The fourth-order valence-corrected chi connectivity index (χ4v) is 4.90. The van der Waals surface area contributed by atoms with Crippen LogP contribution in [0.3, 0.4) is 0 Å². The highest BCUT2D eigenvalue weighted by molar-refractivity contribution is 6.18. The molecule has 7 rings (SSSR count). The van der Waals surface area contributed by atoms with Crippen LogP contribution in [0.5, 0.6) is 0 Å². The monoisotopic (exact) mass is 412 g/mol. The Labute approximate surface area is 185 Å². The molecule has 1 aliphatic heterocycles. The van der Waals surface area contributed by atoms with Gasteiger partial charge in [-0.2, -0.15) is 0 Å². The van der Waals surface area contributed by atoms with Gasteiger partial charge in [-0.05, 0) is 46.2 Å². The van der Waals surface area contributed by atoms with E-state index in [2.05, 4.69) is 102 Å². The number of hydrogen-bond donors (Lipinski definition) is 2. The van der Waals surface area contributed by atoms with Gasteiger partial charge in [0, 0.05) is 16.3 Å². The fourth-order valence-electron chi connectivity index (χ4n) is 4.90. The predicted molar refractivity (Wildman–Crippen MR) is 133 cm³/mol.